The van der Waals surface area contributed by atoms with E-state index in [9.17, 15) is 14.3 Å². The minimum atomic E-state index is -0.724. The van der Waals surface area contributed by atoms with Crippen molar-refractivity contribution in [2.24, 2.45) is 0 Å². The van der Waals surface area contributed by atoms with Gasteiger partial charge in [-0.25, -0.2) is 9.18 Å². The number of halogens is 1. The molecule has 0 unspecified atom stereocenters. The smallest absolute Gasteiger partial charge is 0.332 e. The number of carbonyl (C=O) groups is 1. The molecule has 1 atom stereocenters. The van der Waals surface area contributed by atoms with Crippen LogP contribution in [0.1, 0.15) is 44.3 Å². The number of nitrogens with one attached hydrogen (secondary N) is 1. The molecule has 0 saturated heterocycles. The van der Waals surface area contributed by atoms with Gasteiger partial charge in [0, 0.05) is 12.6 Å². The Morgan fingerprint density at radius 1 is 1.38 bits per heavy atom. The number of carbonyl (C=O) groups excluding carboxylic acids is 1. The third-order valence-electron chi connectivity index (χ3n) is 4.25. The molecule has 0 aromatic heterocycles. The van der Waals surface area contributed by atoms with E-state index in [4.69, 9.17) is 9.47 Å². The van der Waals surface area contributed by atoms with Crippen molar-refractivity contribution in [2.75, 3.05) is 19.8 Å². The highest BCUT2D eigenvalue weighted by atomic mass is 19.1. The number of esters is 1. The van der Waals surface area contributed by atoms with Gasteiger partial charge in [-0.05, 0) is 50.3 Å². The number of hydrogen-bond acceptors (Lipinski definition) is 5. The fraction of sp³-hybridized carbons (Fsp3) is 0.611. The van der Waals surface area contributed by atoms with Gasteiger partial charge < -0.3 is 19.9 Å². The Hall–Kier alpha value is -1.50. The Morgan fingerprint density at radius 3 is 2.79 bits per heavy atom. The van der Waals surface area contributed by atoms with Gasteiger partial charge in [-0.3, -0.25) is 0 Å². The Bertz CT molecular complexity index is 517. The van der Waals surface area contributed by atoms with Gasteiger partial charge in [-0.2, -0.15) is 0 Å². The Morgan fingerprint density at radius 2 is 2.12 bits per heavy atom. The van der Waals surface area contributed by atoms with Crippen LogP contribution in [0.5, 0.6) is 0 Å². The maximum Gasteiger partial charge on any atom is 0.332 e. The largest absolute Gasteiger partial charge is 0.464 e. The van der Waals surface area contributed by atoms with Crippen LogP contribution in [0.15, 0.2) is 24.3 Å². The number of aliphatic hydroxyl groups is 1. The molecule has 6 heteroatoms. The van der Waals surface area contributed by atoms with E-state index in [0.717, 1.165) is 25.7 Å². The normalized spacial score (nSPS) is 22.1. The second kappa shape index (κ2) is 9.71. The summed E-state index contributed by atoms with van der Waals surface area (Å²) in [5, 5.41) is 13.4. The molecule has 134 valence electrons. The summed E-state index contributed by atoms with van der Waals surface area (Å²) in [6, 6.07) is 6.33. The fourth-order valence-electron chi connectivity index (χ4n) is 2.93. The van der Waals surface area contributed by atoms with Crippen molar-refractivity contribution in [2.45, 2.75) is 50.9 Å². The van der Waals surface area contributed by atoms with Crippen molar-refractivity contribution in [3.63, 3.8) is 0 Å². The second-order valence-electron chi connectivity index (χ2n) is 6.07. The molecule has 1 saturated carbocycles. The van der Waals surface area contributed by atoms with Crippen LogP contribution in [-0.2, 0) is 14.3 Å². The van der Waals surface area contributed by atoms with Gasteiger partial charge in [0.15, 0.2) is 0 Å². The SMILES string of the molecule is CCOC(=O)CO[C@H]1CC[C@H](NC[C@H](O)c2cccc(F)c2)CC1. The molecular formula is C18H26FNO4. The minimum absolute atomic E-state index is 0.00882. The molecule has 2 N–H and O–H groups in total. The molecular weight excluding hydrogens is 313 g/mol. The van der Waals surface area contributed by atoms with E-state index in [-0.39, 0.29) is 24.5 Å². The first-order chi connectivity index (χ1) is 11.6. The first kappa shape index (κ1) is 18.8. The van der Waals surface area contributed by atoms with Gasteiger partial charge in [-0.15, -0.1) is 0 Å². The summed E-state index contributed by atoms with van der Waals surface area (Å²) in [6.07, 6.45) is 2.94. The van der Waals surface area contributed by atoms with E-state index < -0.39 is 6.10 Å². The molecule has 24 heavy (non-hydrogen) atoms. The van der Waals surface area contributed by atoms with Gasteiger partial charge in [-0.1, -0.05) is 12.1 Å². The monoisotopic (exact) mass is 339 g/mol. The van der Waals surface area contributed by atoms with Crippen molar-refractivity contribution in [1.29, 1.82) is 0 Å². The first-order valence-electron chi connectivity index (χ1n) is 8.52. The summed E-state index contributed by atoms with van der Waals surface area (Å²) in [5.41, 5.74) is 0.578. The molecule has 1 aromatic carbocycles. The van der Waals surface area contributed by atoms with Gasteiger partial charge in [0.2, 0.25) is 0 Å². The average molecular weight is 339 g/mol. The molecule has 5 nitrogen and oxygen atoms in total. The van der Waals surface area contributed by atoms with Gasteiger partial charge in [0.05, 0.1) is 18.8 Å². The number of ether oxygens (including phenoxy) is 2. The maximum atomic E-state index is 13.2. The van der Waals surface area contributed by atoms with E-state index in [0.29, 0.717) is 24.8 Å². The summed E-state index contributed by atoms with van der Waals surface area (Å²) in [5.74, 6) is -0.665. The van der Waals surface area contributed by atoms with E-state index in [1.807, 2.05) is 0 Å². The lowest BCUT2D eigenvalue weighted by Crippen LogP contribution is -2.38. The molecule has 2 rings (SSSR count). The molecule has 1 aliphatic carbocycles. The van der Waals surface area contributed by atoms with Crippen LogP contribution in [0.4, 0.5) is 4.39 Å². The lowest BCUT2D eigenvalue weighted by molar-refractivity contribution is -0.151. The van der Waals surface area contributed by atoms with Gasteiger partial charge in [0.1, 0.15) is 12.4 Å². The number of benzene rings is 1. The summed E-state index contributed by atoms with van der Waals surface area (Å²) >= 11 is 0. The second-order valence-corrected chi connectivity index (χ2v) is 6.07. The van der Waals surface area contributed by atoms with Crippen molar-refractivity contribution in [3.8, 4) is 0 Å². The highest BCUT2D eigenvalue weighted by Crippen LogP contribution is 2.22. The number of aliphatic hydroxyl groups excluding tert-OH is 1. The third kappa shape index (κ3) is 6.19. The standard InChI is InChI=1S/C18H26FNO4/c1-2-23-18(22)12-24-16-8-6-15(7-9-16)20-11-17(21)13-4-3-5-14(19)10-13/h3-5,10,15-17,20-21H,2,6-9,11-12H2,1H3/t15-,16-,17-/m0/s1. The average Bonchev–Trinajstić information content (AvgIpc) is 2.59. The molecule has 1 aliphatic rings. The first-order valence-corrected chi connectivity index (χ1v) is 8.52. The minimum Gasteiger partial charge on any atom is -0.464 e. The van der Waals surface area contributed by atoms with Crippen LogP contribution in [-0.4, -0.2) is 43.0 Å². The topological polar surface area (TPSA) is 67.8 Å². The van der Waals surface area contributed by atoms with Crippen molar-refractivity contribution in [1.82, 2.24) is 5.32 Å². The molecule has 0 radical (unpaired) electrons. The van der Waals surface area contributed by atoms with Crippen molar-refractivity contribution < 1.29 is 23.8 Å². The Kier molecular flexibility index (Phi) is 7.62. The van der Waals surface area contributed by atoms with E-state index in [1.165, 1.54) is 12.1 Å². The van der Waals surface area contributed by atoms with Crippen LogP contribution >= 0.6 is 0 Å². The number of hydrogen-bond donors (Lipinski definition) is 2. The predicted molar refractivity (Wildman–Crippen MR) is 88.0 cm³/mol. The molecule has 0 spiro atoms. The van der Waals surface area contributed by atoms with Gasteiger partial charge >= 0.3 is 5.97 Å². The van der Waals surface area contributed by atoms with E-state index in [2.05, 4.69) is 5.32 Å². The molecule has 1 fully saturated rings. The molecule has 0 bridgehead atoms. The summed E-state index contributed by atoms with van der Waals surface area (Å²) in [7, 11) is 0. The van der Waals surface area contributed by atoms with Crippen LogP contribution in [0, 0.1) is 5.82 Å². The lowest BCUT2D eigenvalue weighted by atomic mass is 9.92. The highest BCUT2D eigenvalue weighted by Gasteiger charge is 2.23. The fourth-order valence-corrected chi connectivity index (χ4v) is 2.93. The number of rotatable bonds is 8. The zero-order valence-electron chi connectivity index (χ0n) is 14.0. The van der Waals surface area contributed by atoms with Crippen LogP contribution < -0.4 is 5.32 Å². The van der Waals surface area contributed by atoms with E-state index in [1.54, 1.807) is 19.1 Å². The molecule has 0 heterocycles. The van der Waals surface area contributed by atoms with Crippen LogP contribution in [0.3, 0.4) is 0 Å². The van der Waals surface area contributed by atoms with Crippen LogP contribution in [0.2, 0.25) is 0 Å². The molecule has 0 amide bonds. The Labute approximate surface area is 142 Å². The summed E-state index contributed by atoms with van der Waals surface area (Å²) in [6.45, 7) is 2.54. The van der Waals surface area contributed by atoms with Crippen molar-refractivity contribution in [3.05, 3.63) is 35.6 Å². The molecule has 1 aromatic rings. The third-order valence-corrected chi connectivity index (χ3v) is 4.25. The van der Waals surface area contributed by atoms with Gasteiger partial charge in [0.25, 0.3) is 0 Å². The zero-order chi connectivity index (χ0) is 17.4. The van der Waals surface area contributed by atoms with Crippen molar-refractivity contribution >= 4 is 5.97 Å². The molecule has 0 aliphatic heterocycles. The summed E-state index contributed by atoms with van der Waals surface area (Å²) < 4.78 is 23.6. The van der Waals surface area contributed by atoms with E-state index >= 15 is 0 Å². The Balaban J connectivity index is 1.65. The van der Waals surface area contributed by atoms with Crippen LogP contribution in [0.25, 0.3) is 0 Å². The quantitative estimate of drug-likeness (QED) is 0.712. The lowest BCUT2D eigenvalue weighted by Gasteiger charge is -2.29. The zero-order valence-corrected chi connectivity index (χ0v) is 14.0. The maximum absolute atomic E-state index is 13.2. The summed E-state index contributed by atoms with van der Waals surface area (Å²) in [4.78, 5) is 11.3. The highest BCUT2D eigenvalue weighted by molar-refractivity contribution is 5.70. The predicted octanol–water partition coefficient (Wildman–Crippen LogP) is 2.34.